The standard InChI is InChI=1S/C2H3N2O4PS/c5-9(6,7)8-2-1-3-10-4-2/h1H,(H2,5,6,7). The summed E-state index contributed by atoms with van der Waals surface area (Å²) < 4.78 is 21.0. The molecular weight excluding hydrogens is 179 g/mol. The van der Waals surface area contributed by atoms with E-state index in [0.29, 0.717) is 0 Å². The molecular formula is C2H3N2O4PS. The molecule has 10 heavy (non-hydrogen) atoms. The van der Waals surface area contributed by atoms with Crippen molar-refractivity contribution in [2.24, 2.45) is 0 Å². The summed E-state index contributed by atoms with van der Waals surface area (Å²) in [6, 6.07) is 0. The normalized spacial score (nSPS) is 11.4. The third-order valence-electron chi connectivity index (χ3n) is 0.554. The van der Waals surface area contributed by atoms with Gasteiger partial charge in [0.2, 0.25) is 0 Å². The highest BCUT2D eigenvalue weighted by molar-refractivity contribution is 7.46. The van der Waals surface area contributed by atoms with Gasteiger partial charge in [-0.3, -0.25) is 9.79 Å². The fourth-order valence-electron chi connectivity index (χ4n) is 0.318. The maximum atomic E-state index is 10.1. The van der Waals surface area contributed by atoms with Crippen molar-refractivity contribution in [2.75, 3.05) is 0 Å². The van der Waals surface area contributed by atoms with Crippen molar-refractivity contribution in [1.82, 2.24) is 8.75 Å². The molecule has 8 heteroatoms. The minimum Gasteiger partial charge on any atom is -0.383 e. The molecule has 1 aromatic rings. The van der Waals surface area contributed by atoms with Crippen LogP contribution < -0.4 is 4.52 Å². The van der Waals surface area contributed by atoms with Crippen LogP contribution in [0.5, 0.6) is 5.88 Å². The number of aromatic nitrogens is 2. The number of nitrogens with zero attached hydrogens (tertiary/aromatic N) is 2. The van der Waals surface area contributed by atoms with Crippen LogP contribution in [-0.4, -0.2) is 18.5 Å². The quantitative estimate of drug-likeness (QED) is 0.626. The van der Waals surface area contributed by atoms with Crippen molar-refractivity contribution in [2.45, 2.75) is 0 Å². The van der Waals surface area contributed by atoms with Crippen molar-refractivity contribution in [3.63, 3.8) is 0 Å². The molecule has 0 radical (unpaired) electrons. The molecule has 1 aromatic heterocycles. The highest BCUT2D eigenvalue weighted by atomic mass is 32.1. The van der Waals surface area contributed by atoms with Crippen LogP contribution in [0.25, 0.3) is 0 Å². The lowest BCUT2D eigenvalue weighted by atomic mass is 10.9. The Labute approximate surface area is 60.0 Å². The number of phosphoric ester groups is 1. The lowest BCUT2D eigenvalue weighted by molar-refractivity contribution is 0.280. The van der Waals surface area contributed by atoms with E-state index in [2.05, 4.69) is 13.3 Å². The van der Waals surface area contributed by atoms with E-state index >= 15 is 0 Å². The molecule has 6 nitrogen and oxygen atoms in total. The summed E-state index contributed by atoms with van der Waals surface area (Å²) in [5.41, 5.74) is 0. The van der Waals surface area contributed by atoms with Gasteiger partial charge in [0.15, 0.2) is 0 Å². The topological polar surface area (TPSA) is 92.5 Å². The van der Waals surface area contributed by atoms with Crippen molar-refractivity contribution in [3.05, 3.63) is 6.20 Å². The Kier molecular flexibility index (Phi) is 2.00. The fourth-order valence-corrected chi connectivity index (χ4v) is 1.05. The first kappa shape index (κ1) is 7.62. The zero-order valence-electron chi connectivity index (χ0n) is 4.54. The van der Waals surface area contributed by atoms with Crippen LogP contribution in [0.3, 0.4) is 0 Å². The van der Waals surface area contributed by atoms with Crippen LogP contribution >= 0.6 is 19.6 Å². The zero-order valence-corrected chi connectivity index (χ0v) is 6.25. The molecule has 0 aromatic carbocycles. The minimum absolute atomic E-state index is 0.154. The second-order valence-electron chi connectivity index (χ2n) is 1.33. The largest absolute Gasteiger partial charge is 0.526 e. The molecule has 0 saturated carbocycles. The van der Waals surface area contributed by atoms with E-state index in [-0.39, 0.29) is 5.88 Å². The van der Waals surface area contributed by atoms with E-state index < -0.39 is 7.82 Å². The Morgan fingerprint density at radius 2 is 2.40 bits per heavy atom. The van der Waals surface area contributed by atoms with Crippen LogP contribution in [0.4, 0.5) is 0 Å². The number of rotatable bonds is 2. The summed E-state index contributed by atoms with van der Waals surface area (Å²) in [6.45, 7) is 0. The summed E-state index contributed by atoms with van der Waals surface area (Å²) in [7, 11) is -4.45. The zero-order chi connectivity index (χ0) is 7.61. The van der Waals surface area contributed by atoms with E-state index in [1.165, 1.54) is 0 Å². The SMILES string of the molecule is O=P(O)(O)Oc1cnsn1. The summed E-state index contributed by atoms with van der Waals surface area (Å²) in [6.07, 6.45) is 1.13. The summed E-state index contributed by atoms with van der Waals surface area (Å²) >= 11 is 0.812. The van der Waals surface area contributed by atoms with Gasteiger partial charge in [0, 0.05) is 0 Å². The van der Waals surface area contributed by atoms with E-state index in [1.54, 1.807) is 0 Å². The lowest BCUT2D eigenvalue weighted by Gasteiger charge is -1.99. The Bertz CT molecular complexity index is 242. The second-order valence-corrected chi connectivity index (χ2v) is 3.05. The van der Waals surface area contributed by atoms with Gasteiger partial charge in [-0.25, -0.2) is 4.57 Å². The van der Waals surface area contributed by atoms with Crippen LogP contribution in [-0.2, 0) is 4.57 Å². The predicted molar refractivity (Wildman–Crippen MR) is 32.6 cm³/mol. The Hall–Kier alpha value is -0.490. The van der Waals surface area contributed by atoms with Crippen LogP contribution in [0.2, 0.25) is 0 Å². The van der Waals surface area contributed by atoms with Crippen LogP contribution in [0.15, 0.2) is 6.20 Å². The molecule has 0 amide bonds. The third kappa shape index (κ3) is 2.40. The van der Waals surface area contributed by atoms with Gasteiger partial charge < -0.3 is 4.52 Å². The first-order chi connectivity index (χ1) is 4.58. The van der Waals surface area contributed by atoms with Gasteiger partial charge in [0.05, 0.1) is 11.7 Å². The molecule has 0 unspecified atom stereocenters. The molecule has 1 rings (SSSR count). The van der Waals surface area contributed by atoms with Gasteiger partial charge in [0.1, 0.15) is 6.20 Å². The van der Waals surface area contributed by atoms with Crippen molar-refractivity contribution in [3.8, 4) is 5.88 Å². The predicted octanol–water partition coefficient (Wildman–Crippen LogP) is 0.00960. The Balaban J connectivity index is 2.66. The highest BCUT2D eigenvalue weighted by Crippen LogP contribution is 2.36. The molecule has 2 N–H and O–H groups in total. The van der Waals surface area contributed by atoms with Gasteiger partial charge in [-0.1, -0.05) is 0 Å². The number of hydrogen-bond donors (Lipinski definition) is 2. The monoisotopic (exact) mass is 182 g/mol. The minimum atomic E-state index is -4.45. The molecule has 0 aliphatic carbocycles. The van der Waals surface area contributed by atoms with Crippen LogP contribution in [0, 0.1) is 0 Å². The maximum Gasteiger partial charge on any atom is 0.526 e. The lowest BCUT2D eigenvalue weighted by Crippen LogP contribution is -1.88. The highest BCUT2D eigenvalue weighted by Gasteiger charge is 2.16. The smallest absolute Gasteiger partial charge is 0.383 e. The van der Waals surface area contributed by atoms with Gasteiger partial charge in [-0.15, -0.1) is 4.37 Å². The van der Waals surface area contributed by atoms with E-state index in [4.69, 9.17) is 9.79 Å². The van der Waals surface area contributed by atoms with Crippen molar-refractivity contribution in [1.29, 1.82) is 0 Å². The first-order valence-corrected chi connectivity index (χ1v) is 4.37. The Morgan fingerprint density at radius 1 is 1.70 bits per heavy atom. The average Bonchev–Trinajstić information content (AvgIpc) is 2.12. The molecule has 0 atom stereocenters. The van der Waals surface area contributed by atoms with E-state index in [9.17, 15) is 4.57 Å². The van der Waals surface area contributed by atoms with Gasteiger partial charge >= 0.3 is 7.82 Å². The fraction of sp³-hybridized carbons (Fsp3) is 0. The van der Waals surface area contributed by atoms with E-state index in [1.807, 2.05) is 0 Å². The molecule has 0 bridgehead atoms. The van der Waals surface area contributed by atoms with Gasteiger partial charge in [-0.2, -0.15) is 4.37 Å². The summed E-state index contributed by atoms with van der Waals surface area (Å²) in [5, 5.41) is 0. The summed E-state index contributed by atoms with van der Waals surface area (Å²) in [4.78, 5) is 16.4. The van der Waals surface area contributed by atoms with E-state index in [0.717, 1.165) is 17.9 Å². The first-order valence-electron chi connectivity index (χ1n) is 2.10. The molecule has 0 saturated heterocycles. The average molecular weight is 182 g/mol. The van der Waals surface area contributed by atoms with Gasteiger partial charge in [-0.05, 0) is 0 Å². The summed E-state index contributed by atoms with van der Waals surface area (Å²) in [5.74, 6) is -0.154. The Morgan fingerprint density at radius 3 is 2.80 bits per heavy atom. The van der Waals surface area contributed by atoms with Gasteiger partial charge in [0.25, 0.3) is 5.88 Å². The molecule has 0 spiro atoms. The van der Waals surface area contributed by atoms with Crippen molar-refractivity contribution < 1.29 is 18.9 Å². The molecule has 56 valence electrons. The maximum absolute atomic E-state index is 10.1. The van der Waals surface area contributed by atoms with Crippen LogP contribution in [0.1, 0.15) is 0 Å². The van der Waals surface area contributed by atoms with Crippen molar-refractivity contribution >= 4 is 19.6 Å². The second kappa shape index (κ2) is 2.63. The molecule has 1 heterocycles. The number of phosphoric acid groups is 1. The molecule has 0 aliphatic heterocycles. The third-order valence-corrected chi connectivity index (χ3v) is 1.44. The molecule has 0 aliphatic rings. The molecule has 0 fully saturated rings. The number of hydrogen-bond acceptors (Lipinski definition) is 5.